The molecule has 0 amide bonds. The van der Waals surface area contributed by atoms with Crippen LogP contribution < -0.4 is 31.1 Å². The molecule has 15 rings (SSSR count). The van der Waals surface area contributed by atoms with Crippen LogP contribution in [0.5, 0.6) is 0 Å². The van der Waals surface area contributed by atoms with Gasteiger partial charge in [0.15, 0.2) is 0 Å². The first kappa shape index (κ1) is 58.1. The van der Waals surface area contributed by atoms with Gasteiger partial charge in [0.1, 0.15) is 0 Å². The number of fused-ring (bicyclic) bond motifs is 10. The Morgan fingerprint density at radius 3 is 1.60 bits per heavy atom. The molecule has 0 fully saturated rings. The minimum Gasteiger partial charge on any atom is -0.311 e. The van der Waals surface area contributed by atoms with E-state index >= 15 is 0 Å². The number of anilines is 9. The summed E-state index contributed by atoms with van der Waals surface area (Å²) in [5.74, 6) is 0. The van der Waals surface area contributed by atoms with Gasteiger partial charge in [-0.15, -0.1) is 0 Å². The maximum atomic E-state index is 2.64. The van der Waals surface area contributed by atoms with Gasteiger partial charge in [0, 0.05) is 67.4 Å². The average Bonchev–Trinajstić information content (AvgIpc) is 1.48. The summed E-state index contributed by atoms with van der Waals surface area (Å²) in [6.45, 7) is 37.2. The lowest BCUT2D eigenvalue weighted by atomic mass is 9.33. The van der Waals surface area contributed by atoms with Gasteiger partial charge in [-0.2, -0.15) is 0 Å². The third-order valence-electron chi connectivity index (χ3n) is 20.5. The van der Waals surface area contributed by atoms with Crippen molar-refractivity contribution in [1.82, 2.24) is 4.57 Å². The SMILES string of the molecule is Cc1cc2c3c(c1)N(c1ccc(C(C)(C)C)cc1)c1cc(C(C)(C)C)ccc1B3c1ccc(N(c3ccc4c5ccccc5n(-c5ccccc5)c4c3)c3c(C)cc(C(C)(C)C)cc3C)cc1N2c1cc(C)c(-c2ccc3c(c2)C(C)(C)c2ccccc2-3)c(C)c1. The molecule has 11 aromatic carbocycles. The number of aromatic nitrogens is 1. The van der Waals surface area contributed by atoms with Crippen LogP contribution in [0.3, 0.4) is 0 Å². The first-order chi connectivity index (χ1) is 43.3. The summed E-state index contributed by atoms with van der Waals surface area (Å²) in [6, 6.07) is 82.1. The van der Waals surface area contributed by atoms with E-state index in [2.05, 4.69) is 342 Å². The minimum atomic E-state index is -0.110. The number of hydrogen-bond acceptors (Lipinski definition) is 3. The number of para-hydroxylation sites is 2. The quantitative estimate of drug-likeness (QED) is 0.148. The van der Waals surface area contributed by atoms with Crippen LogP contribution in [0.4, 0.5) is 51.2 Å². The molecule has 0 spiro atoms. The molecular formula is C86H83BN4. The summed E-state index contributed by atoms with van der Waals surface area (Å²) in [5.41, 5.74) is 35.9. The van der Waals surface area contributed by atoms with E-state index in [1.807, 2.05) is 0 Å². The fourth-order valence-electron chi connectivity index (χ4n) is 15.9. The van der Waals surface area contributed by atoms with E-state index in [4.69, 9.17) is 0 Å². The van der Waals surface area contributed by atoms with Crippen LogP contribution in [0.25, 0.3) is 49.7 Å². The summed E-state index contributed by atoms with van der Waals surface area (Å²) in [6.07, 6.45) is 0. The number of hydrogen-bond donors (Lipinski definition) is 0. The van der Waals surface area contributed by atoms with Gasteiger partial charge in [0.25, 0.3) is 6.71 Å². The van der Waals surface area contributed by atoms with Gasteiger partial charge in [-0.3, -0.25) is 0 Å². The van der Waals surface area contributed by atoms with Crippen molar-refractivity contribution in [2.75, 3.05) is 14.7 Å². The molecule has 1 aliphatic carbocycles. The van der Waals surface area contributed by atoms with Crippen LogP contribution in [0.15, 0.2) is 212 Å². The molecule has 0 N–H and O–H groups in total. The summed E-state index contributed by atoms with van der Waals surface area (Å²) in [4.78, 5) is 7.79. The molecule has 2 aliphatic heterocycles. The van der Waals surface area contributed by atoms with Crippen molar-refractivity contribution in [2.24, 2.45) is 0 Å². The van der Waals surface area contributed by atoms with Crippen molar-refractivity contribution in [2.45, 2.75) is 132 Å². The molecule has 0 atom stereocenters. The van der Waals surface area contributed by atoms with Gasteiger partial charge in [-0.1, -0.05) is 197 Å². The van der Waals surface area contributed by atoms with E-state index in [-0.39, 0.29) is 28.4 Å². The monoisotopic (exact) mass is 1180 g/mol. The van der Waals surface area contributed by atoms with Crippen LogP contribution in [0.2, 0.25) is 0 Å². The van der Waals surface area contributed by atoms with Crippen LogP contribution in [-0.4, -0.2) is 11.3 Å². The lowest BCUT2D eigenvalue weighted by Gasteiger charge is -2.45. The van der Waals surface area contributed by atoms with E-state index in [1.54, 1.807) is 0 Å². The molecule has 450 valence electrons. The van der Waals surface area contributed by atoms with Gasteiger partial charge < -0.3 is 19.3 Å². The topological polar surface area (TPSA) is 14.7 Å². The zero-order valence-electron chi connectivity index (χ0n) is 56.1. The van der Waals surface area contributed by atoms with Crippen molar-refractivity contribution in [3.63, 3.8) is 0 Å². The van der Waals surface area contributed by atoms with Gasteiger partial charge in [0.2, 0.25) is 0 Å². The summed E-state index contributed by atoms with van der Waals surface area (Å²) >= 11 is 0. The molecule has 91 heavy (non-hydrogen) atoms. The van der Waals surface area contributed by atoms with E-state index in [0.717, 1.165) is 28.4 Å². The highest BCUT2D eigenvalue weighted by Crippen LogP contribution is 2.53. The van der Waals surface area contributed by atoms with Crippen LogP contribution in [0.1, 0.15) is 132 Å². The predicted octanol–water partition coefficient (Wildman–Crippen LogP) is 21.7. The fourth-order valence-corrected chi connectivity index (χ4v) is 15.9. The Kier molecular flexibility index (Phi) is 13.2. The molecule has 0 radical (unpaired) electrons. The van der Waals surface area contributed by atoms with Crippen molar-refractivity contribution in [3.8, 4) is 27.9 Å². The molecule has 5 heteroatoms. The van der Waals surface area contributed by atoms with E-state index in [9.17, 15) is 0 Å². The Labute approximate surface area is 540 Å². The van der Waals surface area contributed by atoms with Gasteiger partial charge >= 0.3 is 0 Å². The highest BCUT2D eigenvalue weighted by molar-refractivity contribution is 7.00. The Morgan fingerprint density at radius 1 is 0.385 bits per heavy atom. The zero-order chi connectivity index (χ0) is 63.5. The molecule has 0 saturated heterocycles. The molecule has 0 saturated carbocycles. The molecule has 0 bridgehead atoms. The van der Waals surface area contributed by atoms with Crippen LogP contribution in [-0.2, 0) is 21.7 Å². The minimum absolute atomic E-state index is 0.0148. The second-order valence-electron chi connectivity index (χ2n) is 30.2. The second-order valence-corrected chi connectivity index (χ2v) is 30.2. The summed E-state index contributed by atoms with van der Waals surface area (Å²) in [5, 5.41) is 2.47. The maximum absolute atomic E-state index is 2.64. The van der Waals surface area contributed by atoms with Crippen molar-refractivity contribution in [3.05, 3.63) is 268 Å². The largest absolute Gasteiger partial charge is 0.311 e. The standard InChI is InChI=1S/C86H83BN4/c1-52-42-78-81-79(43-52)91(65-46-53(2)80(54(3)47-65)57-30-38-67-66-26-20-22-28-70(66)86(15,16)71(67)48-57)77-51-64(37-41-73(77)87(81)72-40-33-59(84(9,10)11)49-76(72)90(78)62-34-31-58(32-35-62)83(6,7)8)88(82-55(4)44-60(45-56(82)5)85(12,13)14)63-36-39-69-68-27-21-23-29-74(68)89(75(69)50-63)61-24-18-17-19-25-61/h17-51H,1-16H3. The highest BCUT2D eigenvalue weighted by atomic mass is 15.2. The van der Waals surface area contributed by atoms with Crippen molar-refractivity contribution < 1.29 is 0 Å². The molecule has 12 aromatic rings. The first-order valence-electron chi connectivity index (χ1n) is 32.9. The lowest BCUT2D eigenvalue weighted by Crippen LogP contribution is -2.61. The first-order valence-corrected chi connectivity index (χ1v) is 32.9. The Bertz CT molecular complexity index is 4930. The number of benzene rings is 11. The predicted molar refractivity (Wildman–Crippen MR) is 392 cm³/mol. The molecule has 0 unspecified atom stereocenters. The van der Waals surface area contributed by atoms with Crippen molar-refractivity contribution in [1.29, 1.82) is 0 Å². The third kappa shape index (κ3) is 9.23. The molecule has 4 nitrogen and oxygen atoms in total. The van der Waals surface area contributed by atoms with Crippen LogP contribution in [0, 0.1) is 34.6 Å². The van der Waals surface area contributed by atoms with E-state index in [1.165, 1.54) is 145 Å². The number of aryl methyl sites for hydroxylation is 5. The summed E-state index contributed by atoms with van der Waals surface area (Å²) in [7, 11) is 0. The molecule has 3 aliphatic rings. The number of nitrogens with zero attached hydrogens (tertiary/aromatic N) is 4. The fraction of sp³-hybridized carbons (Fsp3) is 0.233. The van der Waals surface area contributed by atoms with Crippen LogP contribution >= 0.6 is 0 Å². The van der Waals surface area contributed by atoms with E-state index in [0.29, 0.717) is 0 Å². The van der Waals surface area contributed by atoms with Gasteiger partial charge in [0.05, 0.1) is 16.7 Å². The van der Waals surface area contributed by atoms with Crippen molar-refractivity contribution >= 4 is 96.1 Å². The Balaban J connectivity index is 0.997. The Morgan fingerprint density at radius 2 is 0.934 bits per heavy atom. The highest BCUT2D eigenvalue weighted by Gasteiger charge is 2.45. The second kappa shape index (κ2) is 20.6. The molecule has 3 heterocycles. The van der Waals surface area contributed by atoms with Gasteiger partial charge in [-0.25, -0.2) is 0 Å². The Hall–Kier alpha value is -9.32. The average molecular weight is 1180 g/mol. The normalized spacial score (nSPS) is 14.0. The summed E-state index contributed by atoms with van der Waals surface area (Å²) < 4.78 is 2.45. The maximum Gasteiger partial charge on any atom is 0.252 e. The lowest BCUT2D eigenvalue weighted by molar-refractivity contribution is 0.589. The molecular weight excluding hydrogens is 1100 g/mol. The zero-order valence-corrected chi connectivity index (χ0v) is 56.1. The molecule has 1 aromatic heterocycles. The number of rotatable bonds is 7. The third-order valence-corrected chi connectivity index (χ3v) is 20.5. The smallest absolute Gasteiger partial charge is 0.252 e. The van der Waals surface area contributed by atoms with Gasteiger partial charge in [-0.05, 0) is 236 Å². The van der Waals surface area contributed by atoms with E-state index < -0.39 is 0 Å².